The van der Waals surface area contributed by atoms with Gasteiger partial charge in [0.05, 0.1) is 11.1 Å². The Hall–Kier alpha value is -2.28. The van der Waals surface area contributed by atoms with Crippen LogP contribution in [-0.4, -0.2) is 19.9 Å². The van der Waals surface area contributed by atoms with Crippen LogP contribution in [0.5, 0.6) is 11.6 Å². The molecule has 7 nitrogen and oxygen atoms in total. The van der Waals surface area contributed by atoms with Crippen LogP contribution < -0.4 is 4.74 Å². The zero-order valence-electron chi connectivity index (χ0n) is 8.28. The van der Waals surface area contributed by atoms with E-state index in [0.29, 0.717) is 10.9 Å². The fourth-order valence-electron chi connectivity index (χ4n) is 1.05. The Balaban J connectivity index is 2.30. The highest BCUT2D eigenvalue weighted by molar-refractivity contribution is 6.29. The summed E-state index contributed by atoms with van der Waals surface area (Å²) in [6.45, 7) is 0. The number of hydrogen-bond donors (Lipinski definition) is 0. The minimum atomic E-state index is -0.626. The maximum atomic E-state index is 10.7. The highest BCUT2D eigenvalue weighted by atomic mass is 35.5. The number of nitro groups is 1. The second-order valence-corrected chi connectivity index (χ2v) is 3.28. The average molecular weight is 253 g/mol. The van der Waals surface area contributed by atoms with Crippen molar-refractivity contribution in [1.82, 2.24) is 15.0 Å². The summed E-state index contributed by atoms with van der Waals surface area (Å²) in [6, 6.07) is 3.03. The first-order valence-electron chi connectivity index (χ1n) is 4.40. The first-order chi connectivity index (χ1) is 8.16. The summed E-state index contributed by atoms with van der Waals surface area (Å²) in [5.41, 5.74) is -0.317. The van der Waals surface area contributed by atoms with Gasteiger partial charge >= 0.3 is 11.6 Å². The maximum absolute atomic E-state index is 10.7. The van der Waals surface area contributed by atoms with E-state index in [4.69, 9.17) is 16.3 Å². The summed E-state index contributed by atoms with van der Waals surface area (Å²) in [5.74, 6) is 0.158. The summed E-state index contributed by atoms with van der Waals surface area (Å²) in [4.78, 5) is 21.1. The van der Waals surface area contributed by atoms with Crippen LogP contribution in [0.1, 0.15) is 0 Å². The van der Waals surface area contributed by atoms with Crippen molar-refractivity contribution in [2.24, 2.45) is 0 Å². The van der Waals surface area contributed by atoms with E-state index in [1.165, 1.54) is 18.3 Å². The van der Waals surface area contributed by atoms with Gasteiger partial charge in [0, 0.05) is 0 Å². The highest BCUT2D eigenvalue weighted by Gasteiger charge is 2.17. The topological polar surface area (TPSA) is 91.0 Å². The molecule has 0 N–H and O–H groups in total. The highest BCUT2D eigenvalue weighted by Crippen LogP contribution is 2.27. The molecule has 0 bridgehead atoms. The van der Waals surface area contributed by atoms with Crippen molar-refractivity contribution in [3.05, 3.63) is 46.1 Å². The molecule has 2 aromatic rings. The van der Waals surface area contributed by atoms with Gasteiger partial charge in [0.15, 0.2) is 0 Å². The van der Waals surface area contributed by atoms with Crippen molar-refractivity contribution >= 4 is 17.3 Å². The Bertz CT molecular complexity index is 546. The van der Waals surface area contributed by atoms with Gasteiger partial charge in [-0.05, 0) is 12.1 Å². The average Bonchev–Trinajstić information content (AvgIpc) is 2.32. The van der Waals surface area contributed by atoms with Crippen LogP contribution in [0.3, 0.4) is 0 Å². The third kappa shape index (κ3) is 2.64. The van der Waals surface area contributed by atoms with Crippen LogP contribution in [0, 0.1) is 10.1 Å². The van der Waals surface area contributed by atoms with E-state index in [2.05, 4.69) is 15.0 Å². The monoisotopic (exact) mass is 252 g/mol. The van der Waals surface area contributed by atoms with E-state index in [9.17, 15) is 10.1 Å². The van der Waals surface area contributed by atoms with Gasteiger partial charge in [-0.15, -0.1) is 0 Å². The summed E-state index contributed by atoms with van der Waals surface area (Å²) in [7, 11) is 0. The summed E-state index contributed by atoms with van der Waals surface area (Å²) in [5, 5.41) is 11.0. The Morgan fingerprint density at radius 3 is 2.76 bits per heavy atom. The van der Waals surface area contributed by atoms with Crippen LogP contribution in [0.25, 0.3) is 0 Å². The number of nitrogens with zero attached hydrogens (tertiary/aromatic N) is 4. The standard InChI is InChI=1S/C9H5ClN4O3/c10-8-2-1-6(3-12-8)17-9-7(14(15)16)4-11-5-13-9/h1-5H. The van der Waals surface area contributed by atoms with E-state index in [1.54, 1.807) is 0 Å². The summed E-state index contributed by atoms with van der Waals surface area (Å²) >= 11 is 5.60. The van der Waals surface area contributed by atoms with Crippen LogP contribution >= 0.6 is 11.6 Å². The van der Waals surface area contributed by atoms with Gasteiger partial charge in [-0.1, -0.05) is 11.6 Å². The molecule has 0 fully saturated rings. The van der Waals surface area contributed by atoms with Gasteiger partial charge in [-0.2, -0.15) is 4.98 Å². The predicted octanol–water partition coefficient (Wildman–Crippen LogP) is 2.23. The Morgan fingerprint density at radius 1 is 1.29 bits per heavy atom. The first kappa shape index (κ1) is 11.2. The Labute approximate surface area is 100 Å². The van der Waals surface area contributed by atoms with Crippen molar-refractivity contribution in [3.63, 3.8) is 0 Å². The molecule has 0 aromatic carbocycles. The van der Waals surface area contributed by atoms with E-state index in [-0.39, 0.29) is 11.6 Å². The molecule has 8 heteroatoms. The first-order valence-corrected chi connectivity index (χ1v) is 4.78. The lowest BCUT2D eigenvalue weighted by Gasteiger charge is -2.03. The van der Waals surface area contributed by atoms with Gasteiger partial charge in [0.25, 0.3) is 0 Å². The van der Waals surface area contributed by atoms with E-state index < -0.39 is 4.92 Å². The molecule has 2 heterocycles. The van der Waals surface area contributed by atoms with Gasteiger partial charge in [-0.3, -0.25) is 10.1 Å². The molecule has 86 valence electrons. The molecule has 0 unspecified atom stereocenters. The molecule has 0 saturated heterocycles. The van der Waals surface area contributed by atoms with Gasteiger partial charge in [0.2, 0.25) is 0 Å². The minimum Gasteiger partial charge on any atom is -0.432 e. The van der Waals surface area contributed by atoms with Crippen molar-refractivity contribution in [3.8, 4) is 11.6 Å². The SMILES string of the molecule is O=[N+]([O-])c1cncnc1Oc1ccc(Cl)nc1. The van der Waals surface area contributed by atoms with Crippen molar-refractivity contribution in [2.45, 2.75) is 0 Å². The normalized spacial score (nSPS) is 9.94. The molecular formula is C9H5ClN4O3. The summed E-state index contributed by atoms with van der Waals surface area (Å²) < 4.78 is 5.21. The van der Waals surface area contributed by atoms with Crippen molar-refractivity contribution in [1.29, 1.82) is 0 Å². The van der Waals surface area contributed by atoms with Gasteiger partial charge < -0.3 is 4.74 Å². The Morgan fingerprint density at radius 2 is 2.12 bits per heavy atom. The van der Waals surface area contributed by atoms with Crippen LogP contribution in [0.15, 0.2) is 30.9 Å². The number of halogens is 1. The fourth-order valence-corrected chi connectivity index (χ4v) is 1.16. The number of aromatic nitrogens is 3. The van der Waals surface area contributed by atoms with E-state index in [1.807, 2.05) is 0 Å². The number of hydrogen-bond acceptors (Lipinski definition) is 6. The maximum Gasteiger partial charge on any atom is 0.349 e. The second kappa shape index (κ2) is 4.71. The molecule has 0 atom stereocenters. The third-order valence-corrected chi connectivity index (χ3v) is 1.99. The Kier molecular flexibility index (Phi) is 3.10. The number of rotatable bonds is 3. The predicted molar refractivity (Wildman–Crippen MR) is 58.0 cm³/mol. The second-order valence-electron chi connectivity index (χ2n) is 2.89. The van der Waals surface area contributed by atoms with Crippen LogP contribution in [0.2, 0.25) is 5.15 Å². The molecule has 0 aliphatic carbocycles. The van der Waals surface area contributed by atoms with Gasteiger partial charge in [0.1, 0.15) is 23.4 Å². The lowest BCUT2D eigenvalue weighted by atomic mass is 10.4. The van der Waals surface area contributed by atoms with E-state index >= 15 is 0 Å². The van der Waals surface area contributed by atoms with Crippen molar-refractivity contribution < 1.29 is 9.66 Å². The fraction of sp³-hybridized carbons (Fsp3) is 0. The molecule has 0 aliphatic heterocycles. The van der Waals surface area contributed by atoms with E-state index in [0.717, 1.165) is 12.5 Å². The molecule has 0 spiro atoms. The largest absolute Gasteiger partial charge is 0.432 e. The minimum absolute atomic E-state index is 0.144. The lowest BCUT2D eigenvalue weighted by molar-refractivity contribution is -0.386. The molecule has 0 saturated carbocycles. The number of pyridine rings is 1. The summed E-state index contributed by atoms with van der Waals surface area (Å²) in [6.07, 6.45) is 3.56. The molecule has 2 aromatic heterocycles. The molecule has 0 aliphatic rings. The molecule has 0 amide bonds. The van der Waals surface area contributed by atoms with Crippen LogP contribution in [-0.2, 0) is 0 Å². The zero-order valence-corrected chi connectivity index (χ0v) is 9.03. The quantitative estimate of drug-likeness (QED) is 0.472. The number of ether oxygens (including phenoxy) is 1. The van der Waals surface area contributed by atoms with Crippen molar-refractivity contribution in [2.75, 3.05) is 0 Å². The molecule has 2 rings (SSSR count). The molecule has 17 heavy (non-hydrogen) atoms. The van der Waals surface area contributed by atoms with Crippen LogP contribution in [0.4, 0.5) is 5.69 Å². The zero-order chi connectivity index (χ0) is 12.3. The van der Waals surface area contributed by atoms with Gasteiger partial charge in [-0.25, -0.2) is 9.97 Å². The molecular weight excluding hydrogens is 248 g/mol. The smallest absolute Gasteiger partial charge is 0.349 e. The third-order valence-electron chi connectivity index (χ3n) is 1.77. The molecule has 0 radical (unpaired) electrons. The lowest BCUT2D eigenvalue weighted by Crippen LogP contribution is -1.96.